The van der Waals surface area contributed by atoms with Crippen molar-refractivity contribution in [3.05, 3.63) is 54.1 Å². The molecule has 0 saturated carbocycles. The first-order valence-electron chi connectivity index (χ1n) is 6.69. The third kappa shape index (κ3) is 4.62. The summed E-state index contributed by atoms with van der Waals surface area (Å²) in [7, 11) is 0. The Morgan fingerprint density at radius 3 is 2.74 bits per heavy atom. The number of amides is 2. The van der Waals surface area contributed by atoms with Crippen LogP contribution < -0.4 is 10.6 Å². The van der Waals surface area contributed by atoms with E-state index in [0.717, 1.165) is 18.5 Å². The summed E-state index contributed by atoms with van der Waals surface area (Å²) in [5, 5.41) is 5.71. The summed E-state index contributed by atoms with van der Waals surface area (Å²) in [6.07, 6.45) is 10.5. The van der Waals surface area contributed by atoms with E-state index in [0.29, 0.717) is 12.5 Å². The number of nitrogens with one attached hydrogen (secondary N) is 2. The van der Waals surface area contributed by atoms with Crippen LogP contribution in [0.2, 0.25) is 0 Å². The number of hydrogen-bond donors (Lipinski definition) is 2. The van der Waals surface area contributed by atoms with Gasteiger partial charge in [0.05, 0.1) is 0 Å². The molecule has 2 N–H and O–H groups in total. The lowest BCUT2D eigenvalue weighted by Gasteiger charge is -2.13. The number of carbonyl (C=O) groups is 1. The summed E-state index contributed by atoms with van der Waals surface area (Å²) in [6.45, 7) is 2.72. The molecule has 3 heteroatoms. The van der Waals surface area contributed by atoms with E-state index in [-0.39, 0.29) is 6.03 Å². The summed E-state index contributed by atoms with van der Waals surface area (Å²) in [6, 6.07) is 7.63. The van der Waals surface area contributed by atoms with Gasteiger partial charge in [0, 0.05) is 12.2 Å². The van der Waals surface area contributed by atoms with Crippen LogP contribution in [-0.4, -0.2) is 12.6 Å². The molecule has 0 bridgehead atoms. The van der Waals surface area contributed by atoms with Crippen molar-refractivity contribution in [1.29, 1.82) is 0 Å². The molecule has 0 heterocycles. The highest BCUT2D eigenvalue weighted by Crippen LogP contribution is 2.14. The third-order valence-corrected chi connectivity index (χ3v) is 3.18. The van der Waals surface area contributed by atoms with Gasteiger partial charge in [-0.15, -0.1) is 0 Å². The molecule has 1 aliphatic carbocycles. The van der Waals surface area contributed by atoms with Crippen molar-refractivity contribution in [2.45, 2.75) is 19.8 Å². The van der Waals surface area contributed by atoms with Crippen LogP contribution in [0.15, 0.2) is 48.6 Å². The standard InChI is InChI=1S/C16H20N2O/c1-13-7-9-15(10-8-13)18-16(19)17-12-11-14-5-3-2-4-6-14/h2-5,7-10,14H,6,11-12H2,1H3,(H2,17,18,19). The van der Waals surface area contributed by atoms with E-state index in [2.05, 4.69) is 34.9 Å². The van der Waals surface area contributed by atoms with Crippen molar-refractivity contribution >= 4 is 11.7 Å². The van der Waals surface area contributed by atoms with Gasteiger partial charge in [0.2, 0.25) is 0 Å². The van der Waals surface area contributed by atoms with Crippen LogP contribution in [0, 0.1) is 12.8 Å². The largest absolute Gasteiger partial charge is 0.338 e. The van der Waals surface area contributed by atoms with Crippen LogP contribution in [0.4, 0.5) is 10.5 Å². The highest BCUT2D eigenvalue weighted by atomic mass is 16.2. The Morgan fingerprint density at radius 1 is 1.26 bits per heavy atom. The molecule has 0 fully saturated rings. The molecule has 100 valence electrons. The second kappa shape index (κ2) is 6.78. The number of anilines is 1. The van der Waals surface area contributed by atoms with Gasteiger partial charge in [-0.3, -0.25) is 0 Å². The third-order valence-electron chi connectivity index (χ3n) is 3.18. The lowest BCUT2D eigenvalue weighted by Crippen LogP contribution is -2.30. The first-order valence-corrected chi connectivity index (χ1v) is 6.69. The van der Waals surface area contributed by atoms with Crippen LogP contribution in [0.1, 0.15) is 18.4 Å². The van der Waals surface area contributed by atoms with E-state index in [1.54, 1.807) is 0 Å². The van der Waals surface area contributed by atoms with Crippen molar-refractivity contribution in [1.82, 2.24) is 5.32 Å². The fourth-order valence-electron chi connectivity index (χ4n) is 2.03. The molecule has 1 aromatic rings. The van der Waals surface area contributed by atoms with Crippen LogP contribution in [0.5, 0.6) is 0 Å². The maximum atomic E-state index is 11.7. The van der Waals surface area contributed by atoms with Gasteiger partial charge in [-0.1, -0.05) is 42.0 Å². The Morgan fingerprint density at radius 2 is 2.05 bits per heavy atom. The van der Waals surface area contributed by atoms with E-state index in [1.807, 2.05) is 31.2 Å². The van der Waals surface area contributed by atoms with Crippen molar-refractivity contribution in [3.63, 3.8) is 0 Å². The van der Waals surface area contributed by atoms with Gasteiger partial charge < -0.3 is 10.6 Å². The molecular formula is C16H20N2O. The average molecular weight is 256 g/mol. The minimum Gasteiger partial charge on any atom is -0.338 e. The number of carbonyl (C=O) groups excluding carboxylic acids is 1. The monoisotopic (exact) mass is 256 g/mol. The minimum absolute atomic E-state index is 0.140. The predicted octanol–water partition coefficient (Wildman–Crippen LogP) is 3.64. The van der Waals surface area contributed by atoms with E-state index >= 15 is 0 Å². The molecule has 2 rings (SSSR count). The van der Waals surface area contributed by atoms with Crippen molar-refractivity contribution in [3.8, 4) is 0 Å². The highest BCUT2D eigenvalue weighted by molar-refractivity contribution is 5.89. The molecule has 0 spiro atoms. The molecule has 0 aliphatic heterocycles. The topological polar surface area (TPSA) is 41.1 Å². The van der Waals surface area contributed by atoms with Crippen LogP contribution >= 0.6 is 0 Å². The fourth-order valence-corrected chi connectivity index (χ4v) is 2.03. The lowest BCUT2D eigenvalue weighted by atomic mass is 9.97. The van der Waals surface area contributed by atoms with Gasteiger partial charge in [-0.2, -0.15) is 0 Å². The van der Waals surface area contributed by atoms with E-state index in [4.69, 9.17) is 0 Å². The van der Waals surface area contributed by atoms with Gasteiger partial charge in [0.15, 0.2) is 0 Å². The molecule has 0 saturated heterocycles. The molecule has 19 heavy (non-hydrogen) atoms. The molecule has 1 aromatic carbocycles. The molecule has 1 aliphatic rings. The van der Waals surface area contributed by atoms with Crippen molar-refractivity contribution in [2.75, 3.05) is 11.9 Å². The van der Waals surface area contributed by atoms with Gasteiger partial charge in [-0.25, -0.2) is 4.79 Å². The summed E-state index contributed by atoms with van der Waals surface area (Å²) < 4.78 is 0. The number of aryl methyl sites for hydroxylation is 1. The fraction of sp³-hybridized carbons (Fsp3) is 0.312. The van der Waals surface area contributed by atoms with Gasteiger partial charge in [0.25, 0.3) is 0 Å². The summed E-state index contributed by atoms with van der Waals surface area (Å²) in [5.41, 5.74) is 2.01. The number of urea groups is 1. The van der Waals surface area contributed by atoms with Crippen molar-refractivity contribution in [2.24, 2.45) is 5.92 Å². The Hall–Kier alpha value is -2.03. The Balaban J connectivity index is 1.68. The van der Waals surface area contributed by atoms with Crippen LogP contribution in [0.3, 0.4) is 0 Å². The average Bonchev–Trinajstić information content (AvgIpc) is 2.43. The maximum Gasteiger partial charge on any atom is 0.319 e. The number of allylic oxidation sites excluding steroid dienone is 4. The zero-order valence-electron chi connectivity index (χ0n) is 11.2. The maximum absolute atomic E-state index is 11.7. The predicted molar refractivity (Wildman–Crippen MR) is 79.2 cm³/mol. The van der Waals surface area contributed by atoms with Crippen molar-refractivity contribution < 1.29 is 4.79 Å². The van der Waals surface area contributed by atoms with Gasteiger partial charge in [0.1, 0.15) is 0 Å². The smallest absolute Gasteiger partial charge is 0.319 e. The summed E-state index contributed by atoms with van der Waals surface area (Å²) in [4.78, 5) is 11.7. The number of benzene rings is 1. The zero-order chi connectivity index (χ0) is 13.5. The van der Waals surface area contributed by atoms with E-state index in [9.17, 15) is 4.79 Å². The summed E-state index contributed by atoms with van der Waals surface area (Å²) in [5.74, 6) is 0.546. The minimum atomic E-state index is -0.140. The van der Waals surface area contributed by atoms with E-state index < -0.39 is 0 Å². The normalized spacial score (nSPS) is 17.2. The first kappa shape index (κ1) is 13.4. The van der Waals surface area contributed by atoms with Gasteiger partial charge >= 0.3 is 6.03 Å². The summed E-state index contributed by atoms with van der Waals surface area (Å²) >= 11 is 0. The Kier molecular flexibility index (Phi) is 4.78. The van der Waals surface area contributed by atoms with Crippen LogP contribution in [-0.2, 0) is 0 Å². The molecule has 0 radical (unpaired) electrons. The molecule has 3 nitrogen and oxygen atoms in total. The second-order valence-corrected chi connectivity index (χ2v) is 4.84. The van der Waals surface area contributed by atoms with Crippen LogP contribution in [0.25, 0.3) is 0 Å². The van der Waals surface area contributed by atoms with E-state index in [1.165, 1.54) is 5.56 Å². The number of hydrogen-bond acceptors (Lipinski definition) is 1. The first-order chi connectivity index (χ1) is 9.24. The second-order valence-electron chi connectivity index (χ2n) is 4.84. The highest BCUT2D eigenvalue weighted by Gasteiger charge is 2.06. The molecule has 1 atom stereocenters. The Bertz CT molecular complexity index is 474. The molecule has 1 unspecified atom stereocenters. The number of rotatable bonds is 4. The zero-order valence-corrected chi connectivity index (χ0v) is 11.2. The molecular weight excluding hydrogens is 236 g/mol. The molecule has 2 amide bonds. The Labute approximate surface area is 114 Å². The SMILES string of the molecule is Cc1ccc(NC(=O)NCCC2C=CC=CC2)cc1. The molecule has 0 aromatic heterocycles. The van der Waals surface area contributed by atoms with Gasteiger partial charge in [-0.05, 0) is 37.8 Å². The quantitative estimate of drug-likeness (QED) is 0.848. The lowest BCUT2D eigenvalue weighted by molar-refractivity contribution is 0.251.